The van der Waals surface area contributed by atoms with E-state index in [9.17, 15) is 14.7 Å². The van der Waals surface area contributed by atoms with Gasteiger partial charge in [0.25, 0.3) is 0 Å². The van der Waals surface area contributed by atoms with Crippen molar-refractivity contribution in [1.29, 1.82) is 5.39 Å². The van der Waals surface area contributed by atoms with Crippen LogP contribution in [0.3, 0.4) is 0 Å². The van der Waals surface area contributed by atoms with Crippen LogP contribution in [0.2, 0.25) is 0 Å². The number of hydrogen-bond acceptors (Lipinski definition) is 6. The summed E-state index contributed by atoms with van der Waals surface area (Å²) >= 11 is 0. The van der Waals surface area contributed by atoms with Gasteiger partial charge in [-0.1, -0.05) is 6.07 Å². The van der Waals surface area contributed by atoms with Gasteiger partial charge in [0, 0.05) is 24.8 Å². The van der Waals surface area contributed by atoms with Crippen molar-refractivity contribution in [3.05, 3.63) is 46.3 Å². The lowest BCUT2D eigenvalue weighted by molar-refractivity contribution is -0.132. The lowest BCUT2D eigenvalue weighted by Crippen LogP contribution is -2.30. The molecule has 0 amide bonds. The predicted molar refractivity (Wildman–Crippen MR) is 93.0 cm³/mol. The molecule has 0 spiro atoms. The van der Waals surface area contributed by atoms with E-state index in [-0.39, 0.29) is 29.1 Å². The molecule has 0 aromatic heterocycles. The molecule has 1 N–H and O–H groups in total. The maximum atomic E-state index is 12.1. The van der Waals surface area contributed by atoms with Gasteiger partial charge in [-0.05, 0) is 42.0 Å². The molecule has 0 bridgehead atoms. The molecule has 2 aliphatic carbocycles. The molecule has 1 aromatic rings. The summed E-state index contributed by atoms with van der Waals surface area (Å²) in [5.74, 6) is -0.337. The van der Waals surface area contributed by atoms with Crippen LogP contribution in [0.1, 0.15) is 30.9 Å². The van der Waals surface area contributed by atoms with Crippen molar-refractivity contribution in [2.75, 3.05) is 7.11 Å². The average Bonchev–Trinajstić information content (AvgIpc) is 2.60. The van der Waals surface area contributed by atoms with Gasteiger partial charge < -0.3 is 14.6 Å². The van der Waals surface area contributed by atoms with Crippen molar-refractivity contribution >= 4 is 17.3 Å². The van der Waals surface area contributed by atoms with Crippen LogP contribution in [-0.4, -0.2) is 24.0 Å². The lowest BCUT2D eigenvalue weighted by atomic mass is 9.67. The molecular weight excluding hydrogens is 336 g/mol. The van der Waals surface area contributed by atoms with Crippen LogP contribution in [0, 0.1) is 17.2 Å². The number of aliphatic hydroxyl groups excluding tert-OH is 1. The van der Waals surface area contributed by atoms with Crippen molar-refractivity contribution in [2.24, 2.45) is 11.8 Å². The molecule has 26 heavy (non-hydrogen) atoms. The second-order valence-corrected chi connectivity index (χ2v) is 6.42. The summed E-state index contributed by atoms with van der Waals surface area (Å²) < 4.78 is 10.7. The number of hydrogen-bond donors (Lipinski definition) is 1. The van der Waals surface area contributed by atoms with Crippen molar-refractivity contribution in [1.82, 2.24) is 0 Å². The van der Waals surface area contributed by atoms with Crippen LogP contribution in [0.4, 0.5) is 0 Å². The fraction of sp³-hybridized carbons (Fsp3) is 0.368. The molecule has 0 aliphatic heterocycles. The SMILES string of the molecule is COc1ccc2c(c1OC(C)=O)C1=CC(=O)CC[C@@H]1[C@@H](/C(O)=C/[N+]#N)C2. The van der Waals surface area contributed by atoms with Crippen LogP contribution in [-0.2, 0) is 16.0 Å². The summed E-state index contributed by atoms with van der Waals surface area (Å²) in [7, 11) is 1.48. The second kappa shape index (κ2) is 7.00. The Hall–Kier alpha value is -3.14. The van der Waals surface area contributed by atoms with Crippen molar-refractivity contribution < 1.29 is 24.2 Å². The minimum atomic E-state index is -0.486. The van der Waals surface area contributed by atoms with Crippen LogP contribution in [0.5, 0.6) is 11.5 Å². The first-order valence-corrected chi connectivity index (χ1v) is 8.32. The summed E-state index contributed by atoms with van der Waals surface area (Å²) in [6.07, 6.45) is 3.95. The van der Waals surface area contributed by atoms with Crippen molar-refractivity contribution in [3.63, 3.8) is 0 Å². The third-order valence-corrected chi connectivity index (χ3v) is 4.88. The molecule has 7 nitrogen and oxygen atoms in total. The summed E-state index contributed by atoms with van der Waals surface area (Å²) in [4.78, 5) is 26.6. The van der Waals surface area contributed by atoms with Crippen LogP contribution < -0.4 is 9.47 Å². The molecule has 2 atom stereocenters. The van der Waals surface area contributed by atoms with E-state index in [2.05, 4.69) is 4.98 Å². The number of carbonyl (C=O) groups excluding carboxylic acids is 2. The van der Waals surface area contributed by atoms with E-state index in [1.54, 1.807) is 12.1 Å². The number of benzene rings is 1. The zero-order valence-corrected chi connectivity index (χ0v) is 14.6. The van der Waals surface area contributed by atoms with Crippen molar-refractivity contribution in [3.8, 4) is 11.5 Å². The summed E-state index contributed by atoms with van der Waals surface area (Å²) in [6.45, 7) is 1.31. The van der Waals surface area contributed by atoms with E-state index in [1.807, 2.05) is 6.07 Å². The molecule has 0 fully saturated rings. The molecular formula is C19H19N2O5+. The Morgan fingerprint density at radius 3 is 2.85 bits per heavy atom. The monoisotopic (exact) mass is 355 g/mol. The van der Waals surface area contributed by atoms with E-state index >= 15 is 0 Å². The van der Waals surface area contributed by atoms with E-state index in [0.29, 0.717) is 36.1 Å². The molecule has 0 heterocycles. The number of ether oxygens (including phenoxy) is 2. The summed E-state index contributed by atoms with van der Waals surface area (Å²) in [6, 6.07) is 3.52. The fourth-order valence-electron chi connectivity index (χ4n) is 3.82. The highest BCUT2D eigenvalue weighted by molar-refractivity contribution is 6.01. The van der Waals surface area contributed by atoms with E-state index in [0.717, 1.165) is 11.8 Å². The van der Waals surface area contributed by atoms with Crippen molar-refractivity contribution in [2.45, 2.75) is 26.2 Å². The summed E-state index contributed by atoms with van der Waals surface area (Å²) in [5.41, 5.74) is 2.20. The molecule has 3 rings (SSSR count). The summed E-state index contributed by atoms with van der Waals surface area (Å²) in [5, 5.41) is 19.1. The van der Waals surface area contributed by atoms with Gasteiger partial charge in [-0.2, -0.15) is 0 Å². The van der Waals surface area contributed by atoms with Crippen LogP contribution >= 0.6 is 0 Å². The number of diazo groups is 1. The Labute approximate surface area is 150 Å². The number of carbonyl (C=O) groups is 2. The molecule has 7 heteroatoms. The number of ketones is 1. The molecule has 0 radical (unpaired) electrons. The fourth-order valence-corrected chi connectivity index (χ4v) is 3.82. The standard InChI is InChI=1S/C19H18N2O5/c1-10(22)26-19-17(25-2)6-3-11-7-14(16(24)9-21-20)13-5-4-12(23)8-15(13)18(11)19/h3,6,8-9,13-14H,4-5,7H2,1-2H3/p+1/b16-9-/t13-,14+/m1/s1. The number of nitrogens with zero attached hydrogens (tertiary/aromatic N) is 2. The van der Waals surface area contributed by atoms with Gasteiger partial charge in [0.05, 0.1) is 7.11 Å². The first-order valence-electron chi connectivity index (χ1n) is 8.32. The van der Waals surface area contributed by atoms with Gasteiger partial charge >= 0.3 is 12.2 Å². The number of rotatable bonds is 3. The lowest BCUT2D eigenvalue weighted by Gasteiger charge is -2.37. The Morgan fingerprint density at radius 1 is 1.42 bits per heavy atom. The predicted octanol–water partition coefficient (Wildman–Crippen LogP) is 3.41. The zero-order chi connectivity index (χ0) is 18.8. The number of allylic oxidation sites excluding steroid dienone is 3. The molecule has 0 saturated carbocycles. The Morgan fingerprint density at radius 2 is 2.19 bits per heavy atom. The Balaban J connectivity index is 2.23. The first-order chi connectivity index (χ1) is 12.5. The number of aliphatic hydroxyl groups is 1. The minimum Gasteiger partial charge on any atom is -0.505 e. The molecule has 134 valence electrons. The van der Waals surface area contributed by atoms with Crippen LogP contribution in [0.25, 0.3) is 10.5 Å². The molecule has 0 unspecified atom stereocenters. The molecule has 1 aromatic carbocycles. The van der Waals surface area contributed by atoms with Gasteiger partial charge in [0.15, 0.2) is 28.0 Å². The van der Waals surface area contributed by atoms with Crippen LogP contribution in [0.15, 0.2) is 30.2 Å². The largest absolute Gasteiger partial charge is 0.505 e. The minimum absolute atomic E-state index is 0.0187. The Bertz CT molecular complexity index is 879. The molecule has 0 saturated heterocycles. The third-order valence-electron chi connectivity index (χ3n) is 4.88. The highest BCUT2D eigenvalue weighted by Crippen LogP contribution is 2.51. The number of fused-ring (bicyclic) bond motifs is 3. The topological polar surface area (TPSA) is 101 Å². The highest BCUT2D eigenvalue weighted by atomic mass is 16.6. The zero-order valence-electron chi connectivity index (χ0n) is 14.6. The maximum Gasteiger partial charge on any atom is 0.387 e. The maximum absolute atomic E-state index is 12.1. The van der Waals surface area contributed by atoms with Gasteiger partial charge in [0.1, 0.15) is 0 Å². The second-order valence-electron chi connectivity index (χ2n) is 6.42. The molecule has 2 aliphatic rings. The highest BCUT2D eigenvalue weighted by Gasteiger charge is 2.40. The van der Waals surface area contributed by atoms with E-state index < -0.39 is 5.97 Å². The van der Waals surface area contributed by atoms with Gasteiger partial charge in [-0.15, -0.1) is 0 Å². The smallest absolute Gasteiger partial charge is 0.387 e. The number of methoxy groups -OCH3 is 1. The third kappa shape index (κ3) is 3.06. The average molecular weight is 355 g/mol. The van der Waals surface area contributed by atoms with E-state index in [4.69, 9.17) is 14.9 Å². The quantitative estimate of drug-likeness (QED) is 0.386. The Kier molecular flexibility index (Phi) is 4.76. The van der Waals surface area contributed by atoms with Gasteiger partial charge in [0.2, 0.25) is 5.39 Å². The number of esters is 1. The van der Waals surface area contributed by atoms with Gasteiger partial charge in [-0.25, -0.2) is 0 Å². The first kappa shape index (κ1) is 17.7. The normalized spacial score (nSPS) is 21.8. The van der Waals surface area contributed by atoms with Gasteiger partial charge in [-0.3, -0.25) is 9.59 Å². The van der Waals surface area contributed by atoms with E-state index in [1.165, 1.54) is 14.0 Å².